The zero-order valence-electron chi connectivity index (χ0n) is 12.8. The maximum Gasteiger partial charge on any atom is 0.332 e. The van der Waals surface area contributed by atoms with Crippen LogP contribution in [0.5, 0.6) is 0 Å². The molecule has 0 N–H and O–H groups in total. The third-order valence-electron chi connectivity index (χ3n) is 3.93. The summed E-state index contributed by atoms with van der Waals surface area (Å²) in [5, 5.41) is 0. The number of hydrogen-bond acceptors (Lipinski definition) is 5. The summed E-state index contributed by atoms with van der Waals surface area (Å²) in [5.41, 5.74) is 0.101. The van der Waals surface area contributed by atoms with Gasteiger partial charge < -0.3 is 14.2 Å². The minimum absolute atomic E-state index is 0.341. The van der Waals surface area contributed by atoms with Gasteiger partial charge in [-0.05, 0) is 0 Å². The third-order valence-corrected chi connectivity index (χ3v) is 3.93. The highest BCUT2D eigenvalue weighted by Crippen LogP contribution is 2.20. The van der Waals surface area contributed by atoms with E-state index >= 15 is 0 Å². The Labute approximate surface area is 126 Å². The van der Waals surface area contributed by atoms with Crippen molar-refractivity contribution in [3.63, 3.8) is 0 Å². The molecule has 118 valence electrons. The molecule has 1 fully saturated rings. The molecular weight excluding hydrogens is 286 g/mol. The van der Waals surface area contributed by atoms with E-state index < -0.39 is 0 Å². The van der Waals surface area contributed by atoms with Crippen molar-refractivity contribution in [1.29, 1.82) is 0 Å². The Kier molecular flexibility index (Phi) is 3.61. The van der Waals surface area contributed by atoms with Gasteiger partial charge in [-0.3, -0.25) is 13.9 Å². The van der Waals surface area contributed by atoms with Crippen LogP contribution in [0.25, 0.3) is 11.2 Å². The fourth-order valence-corrected chi connectivity index (χ4v) is 2.74. The average Bonchev–Trinajstić information content (AvgIpc) is 2.92. The van der Waals surface area contributed by atoms with Crippen molar-refractivity contribution < 1.29 is 4.74 Å². The molecule has 1 saturated heterocycles. The predicted molar refractivity (Wildman–Crippen MR) is 83.4 cm³/mol. The van der Waals surface area contributed by atoms with E-state index in [2.05, 4.69) is 16.5 Å². The van der Waals surface area contributed by atoms with Gasteiger partial charge >= 0.3 is 5.69 Å². The van der Waals surface area contributed by atoms with Gasteiger partial charge in [-0.2, -0.15) is 4.98 Å². The molecule has 1 aliphatic heterocycles. The highest BCUT2D eigenvalue weighted by Gasteiger charge is 2.23. The van der Waals surface area contributed by atoms with Gasteiger partial charge in [0.25, 0.3) is 5.56 Å². The molecule has 2 aromatic heterocycles. The fraction of sp³-hybridized carbons (Fsp3) is 0.500. The summed E-state index contributed by atoms with van der Waals surface area (Å²) in [5.74, 6) is 0.677. The number of fused-ring (bicyclic) bond motifs is 1. The number of allylic oxidation sites excluding steroid dienone is 1. The van der Waals surface area contributed by atoms with Crippen LogP contribution in [-0.2, 0) is 25.4 Å². The first-order valence-electron chi connectivity index (χ1n) is 7.16. The van der Waals surface area contributed by atoms with Crippen molar-refractivity contribution in [2.24, 2.45) is 14.1 Å². The van der Waals surface area contributed by atoms with E-state index in [0.29, 0.717) is 50.0 Å². The Bertz CT molecular complexity index is 839. The number of hydrogen-bond donors (Lipinski definition) is 0. The molecule has 0 bridgehead atoms. The molecule has 0 atom stereocenters. The second-order valence-corrected chi connectivity index (χ2v) is 5.29. The first kappa shape index (κ1) is 14.6. The molecule has 3 rings (SSSR count). The molecule has 0 saturated carbocycles. The Hall–Kier alpha value is -2.35. The standard InChI is InChI=1S/C14H19N5O3/c1-4-5-19-10-11(16(2)14(21)17(3)12(10)20)15-13(19)18-6-8-22-9-7-18/h4H,1,5-9H2,2-3H3. The maximum atomic E-state index is 12.5. The lowest BCUT2D eigenvalue weighted by molar-refractivity contribution is 0.121. The molecular formula is C14H19N5O3. The summed E-state index contributed by atoms with van der Waals surface area (Å²) in [6, 6.07) is 0. The van der Waals surface area contributed by atoms with Crippen molar-refractivity contribution in [3.8, 4) is 0 Å². The van der Waals surface area contributed by atoms with Crippen LogP contribution in [0.2, 0.25) is 0 Å². The molecule has 0 aliphatic carbocycles. The monoisotopic (exact) mass is 305 g/mol. The number of aromatic nitrogens is 4. The molecule has 8 heteroatoms. The van der Waals surface area contributed by atoms with Gasteiger partial charge in [0.15, 0.2) is 11.2 Å². The van der Waals surface area contributed by atoms with Gasteiger partial charge in [0.1, 0.15) is 0 Å². The summed E-state index contributed by atoms with van der Waals surface area (Å²) >= 11 is 0. The lowest BCUT2D eigenvalue weighted by Crippen LogP contribution is -2.38. The molecule has 0 spiro atoms. The van der Waals surface area contributed by atoms with E-state index in [1.807, 2.05) is 4.57 Å². The second kappa shape index (κ2) is 5.45. The molecule has 3 heterocycles. The van der Waals surface area contributed by atoms with Crippen LogP contribution in [0.4, 0.5) is 5.95 Å². The Morgan fingerprint density at radius 3 is 2.55 bits per heavy atom. The number of imidazole rings is 1. The van der Waals surface area contributed by atoms with Crippen molar-refractivity contribution in [2.45, 2.75) is 6.54 Å². The van der Waals surface area contributed by atoms with Gasteiger partial charge in [-0.25, -0.2) is 4.79 Å². The van der Waals surface area contributed by atoms with Crippen LogP contribution in [0, 0.1) is 0 Å². The number of anilines is 1. The van der Waals surface area contributed by atoms with E-state index in [0.717, 1.165) is 4.57 Å². The molecule has 2 aromatic rings. The zero-order valence-corrected chi connectivity index (χ0v) is 12.8. The Balaban J connectivity index is 2.33. The molecule has 0 aromatic carbocycles. The summed E-state index contributed by atoms with van der Waals surface area (Å²) in [6.07, 6.45) is 1.72. The van der Waals surface area contributed by atoms with Gasteiger partial charge in [0.2, 0.25) is 5.95 Å². The van der Waals surface area contributed by atoms with Crippen molar-refractivity contribution in [2.75, 3.05) is 31.2 Å². The highest BCUT2D eigenvalue weighted by atomic mass is 16.5. The summed E-state index contributed by atoms with van der Waals surface area (Å²) in [6.45, 7) is 6.85. The Morgan fingerprint density at radius 2 is 1.91 bits per heavy atom. The normalized spacial score (nSPS) is 15.5. The van der Waals surface area contributed by atoms with E-state index in [-0.39, 0.29) is 11.2 Å². The van der Waals surface area contributed by atoms with Gasteiger partial charge in [-0.1, -0.05) is 6.08 Å². The number of aryl methyl sites for hydroxylation is 1. The van der Waals surface area contributed by atoms with Crippen LogP contribution < -0.4 is 16.1 Å². The lowest BCUT2D eigenvalue weighted by atomic mass is 10.4. The van der Waals surface area contributed by atoms with Crippen LogP contribution in [0.15, 0.2) is 22.2 Å². The minimum atomic E-state index is -0.380. The van der Waals surface area contributed by atoms with E-state index in [1.165, 1.54) is 11.6 Å². The second-order valence-electron chi connectivity index (χ2n) is 5.29. The van der Waals surface area contributed by atoms with E-state index in [1.54, 1.807) is 13.1 Å². The largest absolute Gasteiger partial charge is 0.378 e. The van der Waals surface area contributed by atoms with Gasteiger partial charge in [0.05, 0.1) is 13.2 Å². The molecule has 0 radical (unpaired) electrons. The van der Waals surface area contributed by atoms with E-state index in [9.17, 15) is 9.59 Å². The highest BCUT2D eigenvalue weighted by molar-refractivity contribution is 5.74. The van der Waals surface area contributed by atoms with Crippen LogP contribution in [0.3, 0.4) is 0 Å². The quantitative estimate of drug-likeness (QED) is 0.712. The van der Waals surface area contributed by atoms with Gasteiger partial charge in [-0.15, -0.1) is 6.58 Å². The average molecular weight is 305 g/mol. The summed E-state index contributed by atoms with van der Waals surface area (Å²) < 4.78 is 9.68. The number of ether oxygens (including phenoxy) is 1. The molecule has 22 heavy (non-hydrogen) atoms. The molecule has 8 nitrogen and oxygen atoms in total. The van der Waals surface area contributed by atoms with Crippen molar-refractivity contribution in [3.05, 3.63) is 33.5 Å². The maximum absolute atomic E-state index is 12.5. The summed E-state index contributed by atoms with van der Waals surface area (Å²) in [7, 11) is 3.10. The van der Waals surface area contributed by atoms with E-state index in [4.69, 9.17) is 4.74 Å². The molecule has 1 aliphatic rings. The first-order chi connectivity index (χ1) is 10.6. The SMILES string of the molecule is C=CCn1c(N2CCOCC2)nc2c1c(=O)n(C)c(=O)n2C. The van der Waals surface area contributed by atoms with Crippen molar-refractivity contribution >= 4 is 17.1 Å². The number of rotatable bonds is 3. The van der Waals surface area contributed by atoms with Crippen molar-refractivity contribution in [1.82, 2.24) is 18.7 Å². The van der Waals surface area contributed by atoms with Crippen LogP contribution >= 0.6 is 0 Å². The smallest absolute Gasteiger partial charge is 0.332 e. The van der Waals surface area contributed by atoms with Gasteiger partial charge in [0, 0.05) is 33.7 Å². The zero-order chi connectivity index (χ0) is 15.9. The molecule has 0 amide bonds. The minimum Gasteiger partial charge on any atom is -0.378 e. The summed E-state index contributed by atoms with van der Waals surface area (Å²) in [4.78, 5) is 31.2. The first-order valence-corrected chi connectivity index (χ1v) is 7.16. The number of morpholine rings is 1. The lowest BCUT2D eigenvalue weighted by Gasteiger charge is -2.28. The predicted octanol–water partition coefficient (Wildman–Crippen LogP) is -0.544. The third kappa shape index (κ3) is 2.07. The Morgan fingerprint density at radius 1 is 1.23 bits per heavy atom. The van der Waals surface area contributed by atoms with Crippen LogP contribution in [-0.4, -0.2) is 45.0 Å². The van der Waals surface area contributed by atoms with Crippen LogP contribution in [0.1, 0.15) is 0 Å². The topological polar surface area (TPSA) is 74.3 Å². The fourth-order valence-electron chi connectivity index (χ4n) is 2.74. The number of nitrogens with zero attached hydrogens (tertiary/aromatic N) is 5. The molecule has 0 unspecified atom stereocenters.